The molecule has 0 amide bonds. The van der Waals surface area contributed by atoms with Crippen molar-refractivity contribution in [3.05, 3.63) is 29.6 Å². The first-order valence-electron chi connectivity index (χ1n) is 11.2. The summed E-state index contributed by atoms with van der Waals surface area (Å²) < 4.78 is 11.5. The molecule has 2 aromatic rings. The molecule has 0 radical (unpaired) electrons. The van der Waals surface area contributed by atoms with E-state index in [4.69, 9.17) is 19.4 Å². The number of piperazine rings is 1. The van der Waals surface area contributed by atoms with Crippen LogP contribution in [0.4, 0.5) is 23.3 Å². The van der Waals surface area contributed by atoms with E-state index in [2.05, 4.69) is 37.5 Å². The Balaban J connectivity index is 0.00000204. The van der Waals surface area contributed by atoms with Crippen molar-refractivity contribution in [2.24, 2.45) is 0 Å². The van der Waals surface area contributed by atoms with E-state index in [9.17, 15) is 0 Å². The molecule has 0 spiro atoms. The number of methoxy groups -OCH3 is 1. The number of nitrogens with zero attached hydrogens (tertiary/aromatic N) is 6. The number of rotatable bonds is 8. The van der Waals surface area contributed by atoms with Crippen LogP contribution in [0, 0.1) is 6.92 Å². The molecule has 0 aromatic carbocycles. The highest BCUT2D eigenvalue weighted by Crippen LogP contribution is 2.43. The Bertz CT molecular complexity index is 938. The van der Waals surface area contributed by atoms with Gasteiger partial charge >= 0.3 is 0 Å². The molecule has 2 aliphatic heterocycles. The molecule has 12 heteroatoms. The maximum atomic E-state index is 5.85. The molecule has 2 N–H and O–H groups in total. The predicted octanol–water partition coefficient (Wildman–Crippen LogP) is 2.91. The molecule has 1 unspecified atom stereocenters. The number of pyridine rings is 1. The molecule has 1 saturated heterocycles. The van der Waals surface area contributed by atoms with E-state index in [0.717, 1.165) is 48.2 Å². The Hall–Kier alpha value is -1.95. The van der Waals surface area contributed by atoms with Crippen molar-refractivity contribution in [1.29, 1.82) is 0 Å². The van der Waals surface area contributed by atoms with Gasteiger partial charge in [-0.1, -0.05) is 0 Å². The summed E-state index contributed by atoms with van der Waals surface area (Å²) >= 11 is 0. The van der Waals surface area contributed by atoms with Crippen molar-refractivity contribution < 1.29 is 9.47 Å². The molecule has 0 bridgehead atoms. The van der Waals surface area contributed by atoms with Crippen molar-refractivity contribution in [3.8, 4) is 0 Å². The Kier molecular flexibility index (Phi) is 10.5. The average molecular weight is 515 g/mol. The Morgan fingerprint density at radius 2 is 2.06 bits per heavy atom. The third kappa shape index (κ3) is 5.99. The molecule has 2 aromatic heterocycles. The predicted molar refractivity (Wildman–Crippen MR) is 140 cm³/mol. The lowest BCUT2D eigenvalue weighted by Crippen LogP contribution is -2.49. The first-order chi connectivity index (χ1) is 15.5. The third-order valence-electron chi connectivity index (χ3n) is 5.80. The normalized spacial score (nSPS) is 19.9. The lowest BCUT2D eigenvalue weighted by molar-refractivity contribution is -0.0177. The maximum Gasteiger partial charge on any atom is 0.227 e. The van der Waals surface area contributed by atoms with Gasteiger partial charge in [-0.05, 0) is 38.5 Å². The van der Waals surface area contributed by atoms with Crippen LogP contribution in [-0.4, -0.2) is 79.6 Å². The van der Waals surface area contributed by atoms with Gasteiger partial charge in [-0.3, -0.25) is 5.01 Å². The summed E-state index contributed by atoms with van der Waals surface area (Å²) in [5.74, 6) is 2.17. The monoisotopic (exact) mass is 514 g/mol. The lowest BCUT2D eigenvalue weighted by atomic mass is 10.2. The van der Waals surface area contributed by atoms with E-state index in [1.54, 1.807) is 13.3 Å². The zero-order chi connectivity index (χ0) is 22.7. The standard InChI is InChI=1S/C22H34N8O2.2ClH/c1-6-32-12-11-30-19-18(21(31-5)28(30)4)26-22(29-10-9-23-16(3)14-29)27-20(19)25-17-13-15(2)7-8-24-17;;/h7-8,13,16,21,23H,6,9-12,14H2,1-5H3,(H,24,25,26,27);2*1H/t16-,21?;;/m1../s1. The van der Waals surface area contributed by atoms with Gasteiger partial charge in [0.2, 0.25) is 5.95 Å². The number of nitrogens with one attached hydrogen (secondary N) is 2. The molecule has 4 rings (SSSR count). The molecule has 10 nitrogen and oxygen atoms in total. The number of aromatic nitrogens is 3. The molecular formula is C22H36Cl2N8O2. The summed E-state index contributed by atoms with van der Waals surface area (Å²) in [6.45, 7) is 10.8. The van der Waals surface area contributed by atoms with E-state index < -0.39 is 0 Å². The van der Waals surface area contributed by atoms with Gasteiger partial charge in [0.25, 0.3) is 0 Å². The fraction of sp³-hybridized carbons (Fsp3) is 0.591. The van der Waals surface area contributed by atoms with Crippen LogP contribution >= 0.6 is 24.8 Å². The van der Waals surface area contributed by atoms with Crippen LogP contribution in [-0.2, 0) is 9.47 Å². The van der Waals surface area contributed by atoms with Gasteiger partial charge in [0.05, 0.1) is 13.2 Å². The van der Waals surface area contributed by atoms with E-state index >= 15 is 0 Å². The fourth-order valence-electron chi connectivity index (χ4n) is 4.25. The number of anilines is 4. The molecule has 1 fully saturated rings. The second-order valence-corrected chi connectivity index (χ2v) is 8.23. The van der Waals surface area contributed by atoms with Crippen molar-refractivity contribution in [3.63, 3.8) is 0 Å². The van der Waals surface area contributed by atoms with Crippen LogP contribution < -0.4 is 20.5 Å². The van der Waals surface area contributed by atoms with Gasteiger partial charge in [-0.25, -0.2) is 9.97 Å². The van der Waals surface area contributed by atoms with Crippen molar-refractivity contribution >= 4 is 48.1 Å². The minimum atomic E-state index is -0.306. The quantitative estimate of drug-likeness (QED) is 0.512. The summed E-state index contributed by atoms with van der Waals surface area (Å²) in [5, 5.41) is 11.1. The average Bonchev–Trinajstić information content (AvgIpc) is 3.05. The number of aryl methyl sites for hydroxylation is 1. The smallest absolute Gasteiger partial charge is 0.227 e. The van der Waals surface area contributed by atoms with Crippen molar-refractivity contribution in [2.75, 3.05) is 68.8 Å². The van der Waals surface area contributed by atoms with E-state index in [0.29, 0.717) is 31.7 Å². The molecule has 190 valence electrons. The van der Waals surface area contributed by atoms with Gasteiger partial charge in [-0.2, -0.15) is 9.99 Å². The highest BCUT2D eigenvalue weighted by Gasteiger charge is 2.39. The summed E-state index contributed by atoms with van der Waals surface area (Å²) in [4.78, 5) is 16.7. The van der Waals surface area contributed by atoms with Gasteiger partial charge < -0.3 is 25.0 Å². The molecule has 0 aliphatic carbocycles. The number of fused-ring (bicyclic) bond motifs is 1. The van der Waals surface area contributed by atoms with Crippen LogP contribution in [0.2, 0.25) is 0 Å². The lowest BCUT2D eigenvalue weighted by Gasteiger charge is -2.32. The van der Waals surface area contributed by atoms with E-state index in [1.807, 2.05) is 33.0 Å². The second-order valence-electron chi connectivity index (χ2n) is 8.23. The van der Waals surface area contributed by atoms with E-state index in [1.165, 1.54) is 0 Å². The van der Waals surface area contributed by atoms with Crippen molar-refractivity contribution in [2.45, 2.75) is 33.0 Å². The second kappa shape index (κ2) is 12.7. The molecule has 34 heavy (non-hydrogen) atoms. The topological polar surface area (TPSA) is 90.9 Å². The van der Waals surface area contributed by atoms with Crippen LogP contribution in [0.5, 0.6) is 0 Å². The molecule has 2 aliphatic rings. The Labute approximate surface area is 214 Å². The van der Waals surface area contributed by atoms with Crippen LogP contribution in [0.25, 0.3) is 0 Å². The number of ether oxygens (including phenoxy) is 2. The Morgan fingerprint density at radius 1 is 1.26 bits per heavy atom. The fourth-order valence-corrected chi connectivity index (χ4v) is 4.25. The largest absolute Gasteiger partial charge is 0.380 e. The minimum absolute atomic E-state index is 0. The number of hydrogen-bond donors (Lipinski definition) is 2. The first-order valence-corrected chi connectivity index (χ1v) is 11.2. The maximum absolute atomic E-state index is 5.85. The van der Waals surface area contributed by atoms with Gasteiger partial charge in [0.1, 0.15) is 17.2 Å². The highest BCUT2D eigenvalue weighted by atomic mass is 35.5. The summed E-state index contributed by atoms with van der Waals surface area (Å²) in [6.07, 6.45) is 1.49. The molecular weight excluding hydrogens is 479 g/mol. The molecule has 2 atom stereocenters. The SMILES string of the molecule is CCOCCN1c2c(Nc3cc(C)ccn3)nc(N3CCN[C@H](C)C3)nc2C(OC)N1C.Cl.Cl. The number of hydrogen-bond acceptors (Lipinski definition) is 10. The summed E-state index contributed by atoms with van der Waals surface area (Å²) in [5.41, 5.74) is 2.87. The van der Waals surface area contributed by atoms with Crippen LogP contribution in [0.1, 0.15) is 31.3 Å². The first kappa shape index (κ1) is 28.3. The van der Waals surface area contributed by atoms with Crippen LogP contribution in [0.3, 0.4) is 0 Å². The number of hydrazine groups is 1. The minimum Gasteiger partial charge on any atom is -0.380 e. The highest BCUT2D eigenvalue weighted by molar-refractivity contribution is 5.85. The summed E-state index contributed by atoms with van der Waals surface area (Å²) in [6, 6.07) is 4.36. The Morgan fingerprint density at radius 3 is 2.74 bits per heavy atom. The van der Waals surface area contributed by atoms with Crippen LogP contribution in [0.15, 0.2) is 18.3 Å². The number of halogens is 2. The molecule has 4 heterocycles. The van der Waals surface area contributed by atoms with E-state index in [-0.39, 0.29) is 31.0 Å². The van der Waals surface area contributed by atoms with Gasteiger partial charge in [-0.15, -0.1) is 24.8 Å². The van der Waals surface area contributed by atoms with Gasteiger partial charge in [0.15, 0.2) is 12.0 Å². The zero-order valence-electron chi connectivity index (χ0n) is 20.4. The van der Waals surface area contributed by atoms with Crippen molar-refractivity contribution in [1.82, 2.24) is 25.3 Å². The third-order valence-corrected chi connectivity index (χ3v) is 5.80. The zero-order valence-corrected chi connectivity index (χ0v) is 22.1. The van der Waals surface area contributed by atoms with Gasteiger partial charge in [0, 0.05) is 52.6 Å². The summed E-state index contributed by atoms with van der Waals surface area (Å²) in [7, 11) is 3.71. The molecule has 0 saturated carbocycles.